The van der Waals surface area contributed by atoms with Crippen LogP contribution in [0.5, 0.6) is 5.75 Å². The average Bonchev–Trinajstić information content (AvgIpc) is 3.12. The molecule has 27 heavy (non-hydrogen) atoms. The second-order valence-electron chi connectivity index (χ2n) is 5.99. The highest BCUT2D eigenvalue weighted by atomic mass is 16.6. The Morgan fingerprint density at radius 3 is 2.59 bits per heavy atom. The lowest BCUT2D eigenvalue weighted by molar-refractivity contribution is -0.385. The number of aromatic nitrogens is 2. The Bertz CT molecular complexity index is 980. The van der Waals surface area contributed by atoms with Crippen LogP contribution in [-0.4, -0.2) is 27.7 Å². The van der Waals surface area contributed by atoms with E-state index in [1.54, 1.807) is 43.5 Å². The Morgan fingerprint density at radius 2 is 2.00 bits per heavy atom. The molecule has 0 saturated carbocycles. The van der Waals surface area contributed by atoms with E-state index in [0.717, 1.165) is 16.9 Å². The number of carbonyl (C=O) groups is 1. The number of nitrogens with one attached hydrogen (secondary N) is 1. The van der Waals surface area contributed by atoms with Gasteiger partial charge in [-0.25, -0.2) is 0 Å². The summed E-state index contributed by atoms with van der Waals surface area (Å²) in [4.78, 5) is 22.6. The second-order valence-corrected chi connectivity index (χ2v) is 5.99. The molecule has 0 bridgehead atoms. The van der Waals surface area contributed by atoms with Crippen LogP contribution in [0.15, 0.2) is 54.9 Å². The molecule has 1 N–H and O–H groups in total. The van der Waals surface area contributed by atoms with Crippen molar-refractivity contribution >= 4 is 17.3 Å². The van der Waals surface area contributed by atoms with Gasteiger partial charge in [-0.3, -0.25) is 19.6 Å². The number of methoxy groups -OCH3 is 1. The summed E-state index contributed by atoms with van der Waals surface area (Å²) >= 11 is 0. The van der Waals surface area contributed by atoms with Gasteiger partial charge in [-0.15, -0.1) is 0 Å². The smallest absolute Gasteiger partial charge is 0.307 e. The van der Waals surface area contributed by atoms with E-state index in [9.17, 15) is 14.9 Å². The van der Waals surface area contributed by atoms with Gasteiger partial charge in [0.25, 0.3) is 5.91 Å². The lowest BCUT2D eigenvalue weighted by Crippen LogP contribution is -2.13. The molecule has 3 rings (SSSR count). The van der Waals surface area contributed by atoms with Crippen molar-refractivity contribution in [3.05, 3.63) is 81.7 Å². The van der Waals surface area contributed by atoms with E-state index < -0.39 is 4.92 Å². The van der Waals surface area contributed by atoms with Crippen molar-refractivity contribution in [1.82, 2.24) is 9.78 Å². The van der Waals surface area contributed by atoms with Crippen LogP contribution in [0.1, 0.15) is 21.5 Å². The molecule has 0 saturated heterocycles. The van der Waals surface area contributed by atoms with Gasteiger partial charge >= 0.3 is 5.69 Å². The van der Waals surface area contributed by atoms with Crippen LogP contribution in [0.3, 0.4) is 0 Å². The highest BCUT2D eigenvalue weighted by Gasteiger charge is 2.11. The van der Waals surface area contributed by atoms with Gasteiger partial charge in [0.15, 0.2) is 0 Å². The molecule has 0 aliphatic heterocycles. The first-order valence-corrected chi connectivity index (χ1v) is 8.18. The monoisotopic (exact) mass is 366 g/mol. The van der Waals surface area contributed by atoms with E-state index in [1.165, 1.54) is 17.1 Å². The van der Waals surface area contributed by atoms with Crippen molar-refractivity contribution in [2.75, 3.05) is 12.4 Å². The van der Waals surface area contributed by atoms with Gasteiger partial charge in [-0.05, 0) is 48.4 Å². The third kappa shape index (κ3) is 4.30. The number of rotatable bonds is 6. The third-order valence-electron chi connectivity index (χ3n) is 4.07. The fraction of sp³-hybridized carbons (Fsp3) is 0.158. The number of hydrogen-bond acceptors (Lipinski definition) is 5. The fourth-order valence-electron chi connectivity index (χ4n) is 2.58. The molecule has 0 aliphatic carbocycles. The zero-order valence-corrected chi connectivity index (χ0v) is 14.9. The lowest BCUT2D eigenvalue weighted by atomic mass is 10.1. The zero-order valence-electron chi connectivity index (χ0n) is 14.9. The first-order chi connectivity index (χ1) is 13.0. The molecule has 0 radical (unpaired) electrons. The molecule has 2 aromatic carbocycles. The Morgan fingerprint density at radius 1 is 1.26 bits per heavy atom. The van der Waals surface area contributed by atoms with E-state index in [2.05, 4.69) is 10.4 Å². The Labute approximate surface area is 155 Å². The molecule has 0 fully saturated rings. The second kappa shape index (κ2) is 7.69. The first-order valence-electron chi connectivity index (χ1n) is 8.18. The van der Waals surface area contributed by atoms with Crippen LogP contribution < -0.4 is 10.1 Å². The molecule has 1 amide bonds. The largest absolute Gasteiger partial charge is 0.497 e. The topological polar surface area (TPSA) is 99.3 Å². The molecule has 1 aromatic heterocycles. The van der Waals surface area contributed by atoms with Crippen LogP contribution in [0, 0.1) is 17.0 Å². The van der Waals surface area contributed by atoms with Gasteiger partial charge in [0.2, 0.25) is 0 Å². The van der Waals surface area contributed by atoms with Gasteiger partial charge in [-0.1, -0.05) is 12.1 Å². The summed E-state index contributed by atoms with van der Waals surface area (Å²) in [6, 6.07) is 12.4. The van der Waals surface area contributed by atoms with Crippen molar-refractivity contribution < 1.29 is 14.5 Å². The summed E-state index contributed by atoms with van der Waals surface area (Å²) in [5.74, 6) is 0.512. The van der Waals surface area contributed by atoms with Crippen molar-refractivity contribution in [2.45, 2.75) is 13.5 Å². The molecule has 8 heteroatoms. The number of hydrogen-bond donors (Lipinski definition) is 1. The van der Waals surface area contributed by atoms with Gasteiger partial charge < -0.3 is 10.1 Å². The number of amides is 1. The van der Waals surface area contributed by atoms with Crippen LogP contribution >= 0.6 is 0 Å². The minimum atomic E-state index is -0.488. The molecule has 0 spiro atoms. The molecule has 8 nitrogen and oxygen atoms in total. The summed E-state index contributed by atoms with van der Waals surface area (Å²) in [6.07, 6.45) is 2.58. The number of aryl methyl sites for hydroxylation is 1. The van der Waals surface area contributed by atoms with Gasteiger partial charge in [0, 0.05) is 11.3 Å². The van der Waals surface area contributed by atoms with E-state index in [-0.39, 0.29) is 11.6 Å². The molecule has 3 aromatic rings. The van der Waals surface area contributed by atoms with Crippen molar-refractivity contribution in [3.8, 4) is 5.75 Å². The Balaban J connectivity index is 1.67. The predicted molar refractivity (Wildman–Crippen MR) is 100 cm³/mol. The molecule has 0 aliphatic rings. The SMILES string of the molecule is COc1ccc(NC(=O)c2ccc(Cn3cc([N+](=O)[O-])cn3)cc2)c(C)c1. The van der Waals surface area contributed by atoms with E-state index in [0.29, 0.717) is 17.8 Å². The molecule has 138 valence electrons. The average molecular weight is 366 g/mol. The summed E-state index contributed by atoms with van der Waals surface area (Å²) in [7, 11) is 1.59. The zero-order chi connectivity index (χ0) is 19.4. The Kier molecular flexibility index (Phi) is 5.16. The molecule has 1 heterocycles. The fourth-order valence-corrected chi connectivity index (χ4v) is 2.58. The summed E-state index contributed by atoms with van der Waals surface area (Å²) < 4.78 is 6.64. The van der Waals surface area contributed by atoms with Crippen molar-refractivity contribution in [2.24, 2.45) is 0 Å². The van der Waals surface area contributed by atoms with Crippen molar-refractivity contribution in [3.63, 3.8) is 0 Å². The standard InChI is InChI=1S/C19H18N4O4/c1-13-9-17(27-2)7-8-18(13)21-19(24)15-5-3-14(4-6-15)11-22-12-16(10-20-22)23(25)26/h3-10,12H,11H2,1-2H3,(H,21,24). The highest BCUT2D eigenvalue weighted by Crippen LogP contribution is 2.21. The first kappa shape index (κ1) is 18.1. The maximum absolute atomic E-state index is 12.4. The van der Waals surface area contributed by atoms with E-state index in [4.69, 9.17) is 4.74 Å². The third-order valence-corrected chi connectivity index (χ3v) is 4.07. The van der Waals surface area contributed by atoms with Gasteiger partial charge in [-0.2, -0.15) is 5.10 Å². The number of carbonyl (C=O) groups excluding carboxylic acids is 1. The van der Waals surface area contributed by atoms with Crippen LogP contribution in [0.4, 0.5) is 11.4 Å². The summed E-state index contributed by atoms with van der Waals surface area (Å²) in [5, 5.41) is 17.5. The lowest BCUT2D eigenvalue weighted by Gasteiger charge is -2.10. The number of nitrogens with zero attached hydrogens (tertiary/aromatic N) is 3. The van der Waals surface area contributed by atoms with Crippen LogP contribution in [0.25, 0.3) is 0 Å². The maximum Gasteiger partial charge on any atom is 0.307 e. The predicted octanol–water partition coefficient (Wildman–Crippen LogP) is 3.41. The minimum Gasteiger partial charge on any atom is -0.497 e. The Hall–Kier alpha value is -3.68. The van der Waals surface area contributed by atoms with E-state index in [1.807, 2.05) is 13.0 Å². The maximum atomic E-state index is 12.4. The normalized spacial score (nSPS) is 10.4. The number of anilines is 1. The number of benzene rings is 2. The molecule has 0 atom stereocenters. The molecule has 0 unspecified atom stereocenters. The highest BCUT2D eigenvalue weighted by molar-refractivity contribution is 6.04. The summed E-state index contributed by atoms with van der Waals surface area (Å²) in [6.45, 7) is 2.28. The van der Waals surface area contributed by atoms with Crippen LogP contribution in [-0.2, 0) is 6.54 Å². The molecular formula is C19H18N4O4. The van der Waals surface area contributed by atoms with Crippen LogP contribution in [0.2, 0.25) is 0 Å². The minimum absolute atomic E-state index is 0.0548. The van der Waals surface area contributed by atoms with Gasteiger partial charge in [0.1, 0.15) is 18.1 Å². The van der Waals surface area contributed by atoms with E-state index >= 15 is 0 Å². The quantitative estimate of drug-likeness (QED) is 0.532. The summed E-state index contributed by atoms with van der Waals surface area (Å²) in [5.41, 5.74) is 2.96. The van der Waals surface area contributed by atoms with Gasteiger partial charge in [0.05, 0.1) is 18.6 Å². The number of nitro groups is 1. The van der Waals surface area contributed by atoms with Crippen molar-refractivity contribution in [1.29, 1.82) is 0 Å². The molecular weight excluding hydrogens is 348 g/mol. The number of ether oxygens (including phenoxy) is 1.